The summed E-state index contributed by atoms with van der Waals surface area (Å²) in [6, 6.07) is 11.5. The van der Waals surface area contributed by atoms with Crippen LogP contribution in [0.4, 0.5) is 0 Å². The third-order valence-corrected chi connectivity index (χ3v) is 4.36. The first-order valence-corrected chi connectivity index (χ1v) is 8.81. The molecule has 1 heterocycles. The summed E-state index contributed by atoms with van der Waals surface area (Å²) in [6.07, 6.45) is 3.66. The molecule has 0 atom stereocenters. The summed E-state index contributed by atoms with van der Waals surface area (Å²) in [6.45, 7) is 10.7. The molecule has 0 aliphatic carbocycles. The molecule has 0 spiro atoms. The number of hydrogen-bond acceptors (Lipinski definition) is 3. The Morgan fingerprint density at radius 3 is 2.55 bits per heavy atom. The number of ether oxygens (including phenoxy) is 1. The van der Waals surface area contributed by atoms with Gasteiger partial charge in [-0.2, -0.15) is 0 Å². The lowest BCUT2D eigenvalue weighted by molar-refractivity contribution is 0.118. The van der Waals surface area contributed by atoms with Gasteiger partial charge in [-0.15, -0.1) is 0 Å². The van der Waals surface area contributed by atoms with Crippen LogP contribution < -0.4 is 5.32 Å². The maximum Gasteiger partial charge on any atom is 0.0591 e. The van der Waals surface area contributed by atoms with Crippen LogP contribution in [0, 0.1) is 5.92 Å². The predicted molar refractivity (Wildman–Crippen MR) is 93.0 cm³/mol. The smallest absolute Gasteiger partial charge is 0.0591 e. The van der Waals surface area contributed by atoms with Crippen LogP contribution in [0.2, 0.25) is 0 Å². The SMILES string of the molecule is CC(C)CCOCCNC1CCN(Cc2ccccc2)CC1. The van der Waals surface area contributed by atoms with E-state index in [0.717, 1.165) is 38.6 Å². The van der Waals surface area contributed by atoms with E-state index >= 15 is 0 Å². The van der Waals surface area contributed by atoms with Crippen molar-refractivity contribution in [3.63, 3.8) is 0 Å². The second-order valence-electron chi connectivity index (χ2n) is 6.79. The third kappa shape index (κ3) is 6.91. The molecule has 1 saturated heterocycles. The summed E-state index contributed by atoms with van der Waals surface area (Å²) >= 11 is 0. The molecule has 0 radical (unpaired) electrons. The van der Waals surface area contributed by atoms with Crippen molar-refractivity contribution in [2.24, 2.45) is 5.92 Å². The maximum absolute atomic E-state index is 5.66. The lowest BCUT2D eigenvalue weighted by Crippen LogP contribution is -2.43. The maximum atomic E-state index is 5.66. The first-order valence-electron chi connectivity index (χ1n) is 8.81. The molecule has 1 aliphatic heterocycles. The third-order valence-electron chi connectivity index (χ3n) is 4.36. The number of piperidine rings is 1. The van der Waals surface area contributed by atoms with Crippen molar-refractivity contribution in [2.75, 3.05) is 32.8 Å². The molecule has 1 aromatic carbocycles. The zero-order valence-corrected chi connectivity index (χ0v) is 14.3. The van der Waals surface area contributed by atoms with Crippen molar-refractivity contribution in [1.29, 1.82) is 0 Å². The molecule has 3 heteroatoms. The molecule has 0 saturated carbocycles. The highest BCUT2D eigenvalue weighted by Gasteiger charge is 2.18. The second-order valence-corrected chi connectivity index (χ2v) is 6.79. The van der Waals surface area contributed by atoms with Gasteiger partial charge in [0.25, 0.3) is 0 Å². The molecule has 3 nitrogen and oxygen atoms in total. The van der Waals surface area contributed by atoms with Crippen LogP contribution in [0.1, 0.15) is 38.7 Å². The molecule has 1 fully saturated rings. The Hall–Kier alpha value is -0.900. The molecule has 124 valence electrons. The van der Waals surface area contributed by atoms with E-state index in [9.17, 15) is 0 Å². The first-order chi connectivity index (χ1) is 10.7. The van der Waals surface area contributed by atoms with E-state index in [4.69, 9.17) is 4.74 Å². The van der Waals surface area contributed by atoms with Crippen molar-refractivity contribution >= 4 is 0 Å². The number of nitrogens with one attached hydrogen (secondary N) is 1. The fourth-order valence-electron chi connectivity index (χ4n) is 2.89. The fraction of sp³-hybridized carbons (Fsp3) is 0.684. The van der Waals surface area contributed by atoms with Crippen LogP contribution in [0.25, 0.3) is 0 Å². The highest BCUT2D eigenvalue weighted by molar-refractivity contribution is 5.14. The van der Waals surface area contributed by atoms with E-state index < -0.39 is 0 Å². The number of likely N-dealkylation sites (tertiary alicyclic amines) is 1. The Balaban J connectivity index is 1.52. The summed E-state index contributed by atoms with van der Waals surface area (Å²) in [5.74, 6) is 0.738. The summed E-state index contributed by atoms with van der Waals surface area (Å²) < 4.78 is 5.66. The van der Waals surface area contributed by atoms with Gasteiger partial charge in [0.05, 0.1) is 6.61 Å². The average molecular weight is 304 g/mol. The van der Waals surface area contributed by atoms with Crippen molar-refractivity contribution in [3.8, 4) is 0 Å². The molecule has 1 aliphatic rings. The zero-order chi connectivity index (χ0) is 15.6. The average Bonchev–Trinajstić information content (AvgIpc) is 2.53. The normalized spacial score (nSPS) is 17.2. The summed E-state index contributed by atoms with van der Waals surface area (Å²) in [7, 11) is 0. The molecule has 0 bridgehead atoms. The Morgan fingerprint density at radius 2 is 1.86 bits per heavy atom. The molecule has 0 unspecified atom stereocenters. The highest BCUT2D eigenvalue weighted by atomic mass is 16.5. The topological polar surface area (TPSA) is 24.5 Å². The van der Waals surface area contributed by atoms with E-state index in [2.05, 4.69) is 54.4 Å². The van der Waals surface area contributed by atoms with Crippen molar-refractivity contribution in [1.82, 2.24) is 10.2 Å². The molecule has 1 aromatic rings. The molecular formula is C19H32N2O. The zero-order valence-electron chi connectivity index (χ0n) is 14.3. The van der Waals surface area contributed by atoms with Crippen molar-refractivity contribution < 1.29 is 4.74 Å². The van der Waals surface area contributed by atoms with Crippen LogP contribution >= 0.6 is 0 Å². The Labute approximate surface area is 136 Å². The van der Waals surface area contributed by atoms with Gasteiger partial charge in [-0.3, -0.25) is 4.90 Å². The van der Waals surface area contributed by atoms with Crippen LogP contribution in [0.3, 0.4) is 0 Å². The molecule has 0 amide bonds. The number of benzene rings is 1. The van der Waals surface area contributed by atoms with Gasteiger partial charge >= 0.3 is 0 Å². The van der Waals surface area contributed by atoms with Gasteiger partial charge in [0.1, 0.15) is 0 Å². The van der Waals surface area contributed by atoms with E-state index in [0.29, 0.717) is 6.04 Å². The quantitative estimate of drug-likeness (QED) is 0.708. The Kier molecular flexibility index (Phi) is 7.92. The van der Waals surface area contributed by atoms with E-state index in [1.165, 1.54) is 31.5 Å². The number of nitrogens with zero attached hydrogens (tertiary/aromatic N) is 1. The first kappa shape index (κ1) is 17.5. The second kappa shape index (κ2) is 9.98. The Morgan fingerprint density at radius 1 is 1.14 bits per heavy atom. The van der Waals surface area contributed by atoms with Crippen molar-refractivity contribution in [3.05, 3.63) is 35.9 Å². The lowest BCUT2D eigenvalue weighted by Gasteiger charge is -2.32. The highest BCUT2D eigenvalue weighted by Crippen LogP contribution is 2.13. The lowest BCUT2D eigenvalue weighted by atomic mass is 10.0. The van der Waals surface area contributed by atoms with Crippen LogP contribution in [-0.4, -0.2) is 43.8 Å². The monoisotopic (exact) mass is 304 g/mol. The van der Waals surface area contributed by atoms with Gasteiger partial charge in [0.2, 0.25) is 0 Å². The van der Waals surface area contributed by atoms with Crippen LogP contribution in [0.5, 0.6) is 0 Å². The molecular weight excluding hydrogens is 272 g/mol. The molecule has 0 aromatic heterocycles. The summed E-state index contributed by atoms with van der Waals surface area (Å²) in [5, 5.41) is 3.64. The fourth-order valence-corrected chi connectivity index (χ4v) is 2.89. The van der Waals surface area contributed by atoms with E-state index in [1.807, 2.05) is 0 Å². The minimum absolute atomic E-state index is 0.667. The minimum atomic E-state index is 0.667. The van der Waals surface area contributed by atoms with Gasteiger partial charge < -0.3 is 10.1 Å². The molecule has 1 N–H and O–H groups in total. The van der Waals surface area contributed by atoms with Crippen LogP contribution in [0.15, 0.2) is 30.3 Å². The molecule has 2 rings (SSSR count). The van der Waals surface area contributed by atoms with Gasteiger partial charge in [-0.25, -0.2) is 0 Å². The minimum Gasteiger partial charge on any atom is -0.380 e. The summed E-state index contributed by atoms with van der Waals surface area (Å²) in [5.41, 5.74) is 1.42. The van der Waals surface area contributed by atoms with Crippen LogP contribution in [-0.2, 0) is 11.3 Å². The van der Waals surface area contributed by atoms with E-state index in [-0.39, 0.29) is 0 Å². The van der Waals surface area contributed by atoms with Crippen molar-refractivity contribution in [2.45, 2.75) is 45.7 Å². The largest absolute Gasteiger partial charge is 0.380 e. The van der Waals surface area contributed by atoms with Gasteiger partial charge in [-0.1, -0.05) is 44.2 Å². The number of hydrogen-bond donors (Lipinski definition) is 1. The number of rotatable bonds is 9. The van der Waals surface area contributed by atoms with Gasteiger partial charge in [0, 0.05) is 25.7 Å². The summed E-state index contributed by atoms with van der Waals surface area (Å²) in [4.78, 5) is 2.56. The molecule has 22 heavy (non-hydrogen) atoms. The van der Waals surface area contributed by atoms with Gasteiger partial charge in [-0.05, 0) is 43.8 Å². The van der Waals surface area contributed by atoms with E-state index in [1.54, 1.807) is 0 Å². The predicted octanol–water partition coefficient (Wildman–Crippen LogP) is 3.30. The van der Waals surface area contributed by atoms with Gasteiger partial charge in [0.15, 0.2) is 0 Å². The Bertz CT molecular complexity index is 386. The standard InChI is InChI=1S/C19H32N2O/c1-17(2)10-14-22-15-11-20-19-8-12-21(13-9-19)16-18-6-4-3-5-7-18/h3-7,17,19-20H,8-16H2,1-2H3.